The second-order valence-corrected chi connectivity index (χ2v) is 4.56. The van der Waals surface area contributed by atoms with Crippen molar-refractivity contribution in [1.82, 2.24) is 19.6 Å². The molecule has 0 saturated heterocycles. The van der Waals surface area contributed by atoms with Crippen LogP contribution in [0.1, 0.15) is 24.6 Å². The monoisotopic (exact) mass is 268 g/mol. The standard InChI is InChI=1S/C12H17ClN4O/c1-4-5-17-7-10(6-14-17)18-8-11-9(2)15-16(3)12(11)13/h6-7H,4-5,8H2,1-3H3. The zero-order valence-corrected chi connectivity index (χ0v) is 11.6. The maximum absolute atomic E-state index is 6.13. The van der Waals surface area contributed by atoms with Crippen molar-refractivity contribution >= 4 is 11.6 Å². The highest BCUT2D eigenvalue weighted by Gasteiger charge is 2.12. The number of hydrogen-bond donors (Lipinski definition) is 0. The smallest absolute Gasteiger partial charge is 0.157 e. The Bertz CT molecular complexity index is 532. The largest absolute Gasteiger partial charge is 0.485 e. The van der Waals surface area contributed by atoms with E-state index in [9.17, 15) is 0 Å². The predicted octanol–water partition coefficient (Wildman–Crippen LogP) is 2.57. The lowest BCUT2D eigenvalue weighted by molar-refractivity contribution is 0.305. The Hall–Kier alpha value is -1.49. The average Bonchev–Trinajstić information content (AvgIpc) is 2.85. The quantitative estimate of drug-likeness (QED) is 0.837. The second-order valence-electron chi connectivity index (χ2n) is 4.21. The van der Waals surface area contributed by atoms with Gasteiger partial charge in [0.25, 0.3) is 0 Å². The molecular formula is C12H17ClN4O. The summed E-state index contributed by atoms with van der Waals surface area (Å²) in [6.45, 7) is 5.35. The molecule has 0 saturated carbocycles. The van der Waals surface area contributed by atoms with E-state index >= 15 is 0 Å². The van der Waals surface area contributed by atoms with Crippen molar-refractivity contribution in [3.63, 3.8) is 0 Å². The summed E-state index contributed by atoms with van der Waals surface area (Å²) >= 11 is 6.13. The van der Waals surface area contributed by atoms with Crippen LogP contribution in [-0.2, 0) is 20.2 Å². The van der Waals surface area contributed by atoms with Crippen LogP contribution >= 0.6 is 11.6 Å². The molecule has 6 heteroatoms. The van der Waals surface area contributed by atoms with E-state index in [1.165, 1.54) is 0 Å². The van der Waals surface area contributed by atoms with Crippen LogP contribution in [0.15, 0.2) is 12.4 Å². The Kier molecular flexibility index (Phi) is 3.91. The Morgan fingerprint density at radius 2 is 2.22 bits per heavy atom. The predicted molar refractivity (Wildman–Crippen MR) is 69.8 cm³/mol. The van der Waals surface area contributed by atoms with Crippen LogP contribution in [0.4, 0.5) is 0 Å². The van der Waals surface area contributed by atoms with Gasteiger partial charge in [0.15, 0.2) is 5.75 Å². The lowest BCUT2D eigenvalue weighted by atomic mass is 10.3. The highest BCUT2D eigenvalue weighted by molar-refractivity contribution is 6.30. The Morgan fingerprint density at radius 3 is 2.83 bits per heavy atom. The fourth-order valence-electron chi connectivity index (χ4n) is 1.76. The van der Waals surface area contributed by atoms with Crippen molar-refractivity contribution < 1.29 is 4.74 Å². The van der Waals surface area contributed by atoms with E-state index in [2.05, 4.69) is 17.1 Å². The molecule has 0 unspecified atom stereocenters. The van der Waals surface area contributed by atoms with E-state index in [0.717, 1.165) is 30.0 Å². The van der Waals surface area contributed by atoms with Crippen LogP contribution in [0.5, 0.6) is 5.75 Å². The molecule has 0 aliphatic heterocycles. The first-order valence-electron chi connectivity index (χ1n) is 5.95. The molecule has 0 N–H and O–H groups in total. The zero-order valence-electron chi connectivity index (χ0n) is 10.9. The summed E-state index contributed by atoms with van der Waals surface area (Å²) in [7, 11) is 1.82. The van der Waals surface area contributed by atoms with Crippen molar-refractivity contribution in [1.29, 1.82) is 0 Å². The molecule has 0 fully saturated rings. The van der Waals surface area contributed by atoms with Crippen LogP contribution in [-0.4, -0.2) is 19.6 Å². The number of aromatic nitrogens is 4. The second kappa shape index (κ2) is 5.44. The third-order valence-corrected chi connectivity index (χ3v) is 3.19. The molecule has 0 spiro atoms. The van der Waals surface area contributed by atoms with Gasteiger partial charge in [-0.1, -0.05) is 18.5 Å². The maximum Gasteiger partial charge on any atom is 0.157 e. The van der Waals surface area contributed by atoms with Crippen molar-refractivity contribution in [2.24, 2.45) is 7.05 Å². The molecule has 2 rings (SSSR count). The van der Waals surface area contributed by atoms with Crippen LogP contribution < -0.4 is 4.74 Å². The fraction of sp³-hybridized carbons (Fsp3) is 0.500. The molecule has 0 amide bonds. The van der Waals surface area contributed by atoms with Crippen molar-refractivity contribution in [2.45, 2.75) is 33.4 Å². The highest BCUT2D eigenvalue weighted by Crippen LogP contribution is 2.20. The van der Waals surface area contributed by atoms with Crippen molar-refractivity contribution in [2.75, 3.05) is 0 Å². The molecular weight excluding hydrogens is 252 g/mol. The molecule has 0 aromatic carbocycles. The molecule has 0 aliphatic carbocycles. The number of rotatable bonds is 5. The minimum absolute atomic E-state index is 0.413. The number of ether oxygens (including phenoxy) is 1. The Morgan fingerprint density at radius 1 is 1.44 bits per heavy atom. The van der Waals surface area contributed by atoms with Crippen LogP contribution in [0.25, 0.3) is 0 Å². The van der Waals surface area contributed by atoms with Gasteiger partial charge in [0.2, 0.25) is 0 Å². The van der Waals surface area contributed by atoms with Gasteiger partial charge in [-0.2, -0.15) is 10.2 Å². The SMILES string of the molecule is CCCn1cc(OCc2c(C)nn(C)c2Cl)cn1. The van der Waals surface area contributed by atoms with Gasteiger partial charge >= 0.3 is 0 Å². The molecule has 0 aliphatic rings. The molecule has 0 bridgehead atoms. The topological polar surface area (TPSA) is 44.9 Å². The van der Waals surface area contributed by atoms with E-state index in [-0.39, 0.29) is 0 Å². The number of halogens is 1. The Balaban J connectivity index is 2.02. The molecule has 2 aromatic rings. The highest BCUT2D eigenvalue weighted by atomic mass is 35.5. The van der Waals surface area contributed by atoms with E-state index in [1.807, 2.05) is 24.9 Å². The van der Waals surface area contributed by atoms with Gasteiger partial charge in [0, 0.05) is 19.2 Å². The normalized spacial score (nSPS) is 10.9. The third kappa shape index (κ3) is 2.67. The van der Waals surface area contributed by atoms with Gasteiger partial charge in [0.1, 0.15) is 11.8 Å². The molecule has 0 radical (unpaired) electrons. The number of hydrogen-bond acceptors (Lipinski definition) is 3. The molecule has 2 aromatic heterocycles. The lowest BCUT2D eigenvalue weighted by Crippen LogP contribution is -1.97. The van der Waals surface area contributed by atoms with Crippen molar-refractivity contribution in [3.05, 3.63) is 28.8 Å². The van der Waals surface area contributed by atoms with Gasteiger partial charge in [0.05, 0.1) is 18.1 Å². The molecule has 5 nitrogen and oxygen atoms in total. The number of nitrogens with zero attached hydrogens (tertiary/aromatic N) is 4. The van der Waals surface area contributed by atoms with Gasteiger partial charge in [-0.15, -0.1) is 0 Å². The van der Waals surface area contributed by atoms with Crippen molar-refractivity contribution in [3.8, 4) is 5.75 Å². The molecule has 0 atom stereocenters. The zero-order chi connectivity index (χ0) is 13.1. The first-order valence-corrected chi connectivity index (χ1v) is 6.32. The van der Waals surface area contributed by atoms with E-state index in [4.69, 9.17) is 16.3 Å². The summed E-state index contributed by atoms with van der Waals surface area (Å²) in [6.07, 6.45) is 4.66. The molecule has 2 heterocycles. The maximum atomic E-state index is 6.13. The number of aryl methyl sites for hydroxylation is 3. The van der Waals surface area contributed by atoms with Gasteiger partial charge < -0.3 is 4.74 Å². The summed E-state index contributed by atoms with van der Waals surface area (Å²) in [6, 6.07) is 0. The van der Waals surface area contributed by atoms with E-state index in [1.54, 1.807) is 10.9 Å². The van der Waals surface area contributed by atoms with E-state index < -0.39 is 0 Å². The van der Waals surface area contributed by atoms with Gasteiger partial charge in [-0.3, -0.25) is 9.36 Å². The summed E-state index contributed by atoms with van der Waals surface area (Å²) in [5.74, 6) is 0.753. The first-order chi connectivity index (χ1) is 8.61. The summed E-state index contributed by atoms with van der Waals surface area (Å²) < 4.78 is 9.19. The molecule has 18 heavy (non-hydrogen) atoms. The third-order valence-electron chi connectivity index (χ3n) is 2.72. The Labute approximate surface area is 111 Å². The minimum Gasteiger partial charge on any atom is -0.485 e. The molecule has 98 valence electrons. The van der Waals surface area contributed by atoms with Gasteiger partial charge in [-0.05, 0) is 13.3 Å². The summed E-state index contributed by atoms with van der Waals surface area (Å²) in [5.41, 5.74) is 1.81. The first kappa shape index (κ1) is 13.0. The van der Waals surface area contributed by atoms with Crippen LogP contribution in [0.3, 0.4) is 0 Å². The summed E-state index contributed by atoms with van der Waals surface area (Å²) in [4.78, 5) is 0. The van der Waals surface area contributed by atoms with Crippen LogP contribution in [0.2, 0.25) is 5.15 Å². The van der Waals surface area contributed by atoms with Gasteiger partial charge in [-0.25, -0.2) is 0 Å². The van der Waals surface area contributed by atoms with Crippen LogP contribution in [0, 0.1) is 6.92 Å². The van der Waals surface area contributed by atoms with E-state index in [0.29, 0.717) is 11.8 Å². The average molecular weight is 269 g/mol. The lowest BCUT2D eigenvalue weighted by Gasteiger charge is -2.03. The minimum atomic E-state index is 0.413. The summed E-state index contributed by atoms with van der Waals surface area (Å²) in [5, 5.41) is 9.07. The fourth-order valence-corrected chi connectivity index (χ4v) is 1.99.